The molecule has 146 valence electrons. The zero-order valence-electron chi connectivity index (χ0n) is 15.6. The van der Waals surface area contributed by atoms with Crippen molar-refractivity contribution in [3.8, 4) is 11.6 Å². The second kappa shape index (κ2) is 7.29. The zero-order chi connectivity index (χ0) is 19.7. The summed E-state index contributed by atoms with van der Waals surface area (Å²) in [6.45, 7) is 2.73. The molecule has 0 N–H and O–H groups in total. The molecule has 28 heavy (non-hydrogen) atoms. The second-order valence-corrected chi connectivity index (χ2v) is 6.50. The topological polar surface area (TPSA) is 106 Å². The number of aryl methyl sites for hydroxylation is 1. The molecule has 0 radical (unpaired) electrons. The fourth-order valence-corrected chi connectivity index (χ4v) is 2.90. The molecule has 1 saturated carbocycles. The third-order valence-corrected chi connectivity index (χ3v) is 4.55. The van der Waals surface area contributed by atoms with Gasteiger partial charge in [0.15, 0.2) is 0 Å². The van der Waals surface area contributed by atoms with Gasteiger partial charge in [0.2, 0.25) is 5.88 Å². The third kappa shape index (κ3) is 3.40. The van der Waals surface area contributed by atoms with Crippen LogP contribution in [0.15, 0.2) is 35.3 Å². The number of esters is 1. The largest absolute Gasteiger partial charge is 0.496 e. The molecular formula is C18H20N6O4. The maximum absolute atomic E-state index is 12.5. The second-order valence-electron chi connectivity index (χ2n) is 6.50. The Morgan fingerprint density at radius 1 is 1.21 bits per heavy atom. The first kappa shape index (κ1) is 18.0. The Morgan fingerprint density at radius 2 is 2.04 bits per heavy atom. The van der Waals surface area contributed by atoms with Gasteiger partial charge in [-0.1, -0.05) is 6.07 Å². The van der Waals surface area contributed by atoms with Crippen LogP contribution in [-0.2, 0) is 13.1 Å². The van der Waals surface area contributed by atoms with E-state index in [1.807, 2.05) is 6.92 Å². The average Bonchev–Trinajstić information content (AvgIpc) is 3.35. The van der Waals surface area contributed by atoms with Gasteiger partial charge in [0.1, 0.15) is 11.3 Å². The van der Waals surface area contributed by atoms with Gasteiger partial charge in [0.25, 0.3) is 0 Å². The number of ether oxygens (including phenoxy) is 2. The first-order chi connectivity index (χ1) is 13.6. The van der Waals surface area contributed by atoms with E-state index in [1.54, 1.807) is 35.1 Å². The number of methoxy groups -OCH3 is 1. The average molecular weight is 384 g/mol. The molecule has 3 aromatic rings. The molecule has 0 bridgehead atoms. The number of rotatable bonds is 7. The molecule has 0 saturated heterocycles. The van der Waals surface area contributed by atoms with E-state index >= 15 is 0 Å². The third-order valence-electron chi connectivity index (χ3n) is 4.55. The minimum absolute atomic E-state index is 0.171. The Labute approximate surface area is 160 Å². The molecule has 1 aliphatic carbocycles. The summed E-state index contributed by atoms with van der Waals surface area (Å²) in [7, 11) is 1.47. The van der Waals surface area contributed by atoms with Gasteiger partial charge in [-0.05, 0) is 47.9 Å². The highest BCUT2D eigenvalue weighted by Crippen LogP contribution is 2.32. The summed E-state index contributed by atoms with van der Waals surface area (Å²) in [4.78, 5) is 24.9. The van der Waals surface area contributed by atoms with Crippen LogP contribution in [0.3, 0.4) is 0 Å². The summed E-state index contributed by atoms with van der Waals surface area (Å²) >= 11 is 0. The highest BCUT2D eigenvalue weighted by Gasteiger charge is 2.28. The van der Waals surface area contributed by atoms with Crippen molar-refractivity contribution in [2.45, 2.75) is 38.9 Å². The van der Waals surface area contributed by atoms with Crippen LogP contribution in [-0.4, -0.2) is 42.6 Å². The standard InChI is InChI=1S/C18H20N6O4/c1-3-22-16(8-9-19-22)28-17(25)14-7-4-12(10-15(14)27-2)11-23-18(26)24(21-20-23)13-5-6-13/h4,7-10,13H,3,5-6,11H2,1-2H3. The van der Waals surface area contributed by atoms with E-state index in [9.17, 15) is 9.59 Å². The maximum atomic E-state index is 12.5. The number of benzene rings is 1. The molecule has 1 aliphatic rings. The van der Waals surface area contributed by atoms with E-state index in [0.717, 1.165) is 18.4 Å². The van der Waals surface area contributed by atoms with Crippen LogP contribution < -0.4 is 15.2 Å². The van der Waals surface area contributed by atoms with Crippen molar-refractivity contribution >= 4 is 5.97 Å². The van der Waals surface area contributed by atoms with E-state index in [4.69, 9.17) is 9.47 Å². The molecule has 0 aliphatic heterocycles. The molecule has 0 amide bonds. The van der Waals surface area contributed by atoms with Gasteiger partial charge in [0, 0.05) is 12.6 Å². The fourth-order valence-electron chi connectivity index (χ4n) is 2.90. The van der Waals surface area contributed by atoms with Crippen LogP contribution >= 0.6 is 0 Å². The highest BCUT2D eigenvalue weighted by molar-refractivity contribution is 5.94. The summed E-state index contributed by atoms with van der Waals surface area (Å²) < 4.78 is 15.1. The molecule has 4 rings (SSSR count). The van der Waals surface area contributed by atoms with Crippen molar-refractivity contribution in [3.63, 3.8) is 0 Å². The molecule has 1 aromatic carbocycles. The molecule has 0 unspecified atom stereocenters. The zero-order valence-corrected chi connectivity index (χ0v) is 15.6. The number of tetrazole rings is 1. The molecule has 10 heteroatoms. The summed E-state index contributed by atoms with van der Waals surface area (Å²) in [6.07, 6.45) is 3.49. The summed E-state index contributed by atoms with van der Waals surface area (Å²) in [5.74, 6) is 0.171. The van der Waals surface area contributed by atoms with Crippen molar-refractivity contribution < 1.29 is 14.3 Å². The molecule has 2 heterocycles. The van der Waals surface area contributed by atoms with Gasteiger partial charge in [-0.2, -0.15) is 14.5 Å². The van der Waals surface area contributed by atoms with Crippen molar-refractivity contribution in [2.24, 2.45) is 0 Å². The van der Waals surface area contributed by atoms with Gasteiger partial charge in [0.05, 0.1) is 25.9 Å². The van der Waals surface area contributed by atoms with Crippen molar-refractivity contribution in [2.75, 3.05) is 7.11 Å². The monoisotopic (exact) mass is 384 g/mol. The molecule has 2 aromatic heterocycles. The molecular weight excluding hydrogens is 364 g/mol. The van der Waals surface area contributed by atoms with Crippen LogP contribution in [0.25, 0.3) is 0 Å². The normalized spacial score (nSPS) is 13.5. The van der Waals surface area contributed by atoms with Crippen LogP contribution in [0.4, 0.5) is 0 Å². The fraction of sp³-hybridized carbons (Fsp3) is 0.389. The SMILES string of the molecule is CCn1nccc1OC(=O)c1ccc(Cn2nnn(C3CC3)c2=O)cc1OC. The number of hydrogen-bond donors (Lipinski definition) is 0. The Balaban J connectivity index is 1.54. The summed E-state index contributed by atoms with van der Waals surface area (Å²) in [6, 6.07) is 6.83. The Kier molecular flexibility index (Phi) is 4.68. The van der Waals surface area contributed by atoms with Gasteiger partial charge in [-0.25, -0.2) is 14.3 Å². The van der Waals surface area contributed by atoms with Crippen molar-refractivity contribution in [1.82, 2.24) is 29.6 Å². The van der Waals surface area contributed by atoms with E-state index < -0.39 is 5.97 Å². The first-order valence-corrected chi connectivity index (χ1v) is 9.04. The molecule has 1 fully saturated rings. The quantitative estimate of drug-likeness (QED) is 0.565. The van der Waals surface area contributed by atoms with Crippen LogP contribution in [0.5, 0.6) is 11.6 Å². The lowest BCUT2D eigenvalue weighted by Crippen LogP contribution is -2.25. The highest BCUT2D eigenvalue weighted by atomic mass is 16.5. The minimum Gasteiger partial charge on any atom is -0.496 e. The van der Waals surface area contributed by atoms with E-state index in [1.165, 1.54) is 16.5 Å². The number of nitrogens with zero attached hydrogens (tertiary/aromatic N) is 6. The maximum Gasteiger partial charge on any atom is 0.364 e. The van der Waals surface area contributed by atoms with Crippen LogP contribution in [0.1, 0.15) is 41.7 Å². The van der Waals surface area contributed by atoms with E-state index in [2.05, 4.69) is 15.5 Å². The van der Waals surface area contributed by atoms with Crippen molar-refractivity contribution in [1.29, 1.82) is 0 Å². The Morgan fingerprint density at radius 3 is 2.75 bits per heavy atom. The first-order valence-electron chi connectivity index (χ1n) is 9.04. The van der Waals surface area contributed by atoms with E-state index in [0.29, 0.717) is 18.2 Å². The lowest BCUT2D eigenvalue weighted by atomic mass is 10.1. The van der Waals surface area contributed by atoms with Gasteiger partial charge in [-0.3, -0.25) is 0 Å². The molecule has 0 spiro atoms. The van der Waals surface area contributed by atoms with Crippen molar-refractivity contribution in [3.05, 3.63) is 52.1 Å². The predicted octanol–water partition coefficient (Wildman–Crippen LogP) is 1.27. The summed E-state index contributed by atoms with van der Waals surface area (Å²) in [5, 5.41) is 11.9. The number of carbonyl (C=O) groups is 1. The Hall–Kier alpha value is -3.43. The van der Waals surface area contributed by atoms with Gasteiger partial charge in [-0.15, -0.1) is 0 Å². The number of aromatic nitrogens is 6. The summed E-state index contributed by atoms with van der Waals surface area (Å²) in [5.41, 5.74) is 0.804. The molecule has 0 atom stereocenters. The minimum atomic E-state index is -0.546. The van der Waals surface area contributed by atoms with Gasteiger partial charge >= 0.3 is 11.7 Å². The van der Waals surface area contributed by atoms with Gasteiger partial charge < -0.3 is 9.47 Å². The predicted molar refractivity (Wildman–Crippen MR) is 97.5 cm³/mol. The van der Waals surface area contributed by atoms with Crippen LogP contribution in [0.2, 0.25) is 0 Å². The number of hydrogen-bond acceptors (Lipinski definition) is 7. The smallest absolute Gasteiger partial charge is 0.364 e. The molecule has 10 nitrogen and oxygen atoms in total. The number of carbonyl (C=O) groups excluding carboxylic acids is 1. The Bertz CT molecular complexity index is 1060. The van der Waals surface area contributed by atoms with Crippen LogP contribution in [0, 0.1) is 0 Å². The lowest BCUT2D eigenvalue weighted by molar-refractivity contribution is 0.0715. The lowest BCUT2D eigenvalue weighted by Gasteiger charge is -2.11. The van der Waals surface area contributed by atoms with E-state index in [-0.39, 0.29) is 23.8 Å².